The van der Waals surface area contributed by atoms with E-state index < -0.39 is 6.10 Å². The molecule has 3 aromatic rings. The minimum atomic E-state index is -0.586. The van der Waals surface area contributed by atoms with Crippen LogP contribution < -0.4 is 5.32 Å². The minimum Gasteiger partial charge on any atom is -0.385 e. The number of benzene rings is 3. The van der Waals surface area contributed by atoms with Gasteiger partial charge in [0.2, 0.25) is 0 Å². The third-order valence-electron chi connectivity index (χ3n) is 4.67. The highest BCUT2D eigenvalue weighted by atomic mass is 19.1. The molecule has 0 amide bonds. The first-order valence-corrected chi connectivity index (χ1v) is 9.59. The molecule has 0 aromatic heterocycles. The van der Waals surface area contributed by atoms with Crippen molar-refractivity contribution in [3.05, 3.63) is 107 Å². The predicted molar refractivity (Wildman–Crippen MR) is 108 cm³/mol. The summed E-state index contributed by atoms with van der Waals surface area (Å²) in [5, 5.41) is 12.3. The van der Waals surface area contributed by atoms with Gasteiger partial charge < -0.3 is 15.2 Å². The van der Waals surface area contributed by atoms with Crippen molar-refractivity contribution in [2.45, 2.75) is 25.7 Å². The van der Waals surface area contributed by atoms with Crippen LogP contribution in [0.25, 0.3) is 0 Å². The Morgan fingerprint density at radius 3 is 2.21 bits per heavy atom. The number of rotatable bonds is 9. The van der Waals surface area contributed by atoms with E-state index in [1.54, 1.807) is 12.1 Å². The van der Waals surface area contributed by atoms with Crippen molar-refractivity contribution >= 4 is 0 Å². The van der Waals surface area contributed by atoms with Gasteiger partial charge in [0, 0.05) is 5.56 Å². The van der Waals surface area contributed by atoms with E-state index in [0.717, 1.165) is 16.7 Å². The summed E-state index contributed by atoms with van der Waals surface area (Å²) in [6.07, 6.45) is -0.800. The summed E-state index contributed by atoms with van der Waals surface area (Å²) >= 11 is 0. The fraction of sp³-hybridized carbons (Fsp3) is 0.250. The molecular formula is C24H27FNO2+. The van der Waals surface area contributed by atoms with E-state index in [2.05, 4.69) is 31.2 Å². The molecule has 0 aliphatic heterocycles. The summed E-state index contributed by atoms with van der Waals surface area (Å²) < 4.78 is 19.1. The van der Waals surface area contributed by atoms with Crippen molar-refractivity contribution in [3.8, 4) is 0 Å². The molecule has 0 fully saturated rings. The van der Waals surface area contributed by atoms with Crippen LogP contribution in [0, 0.1) is 12.7 Å². The molecule has 0 heterocycles. The zero-order valence-electron chi connectivity index (χ0n) is 16.1. The Kier molecular flexibility index (Phi) is 7.31. The Labute approximate surface area is 165 Å². The van der Waals surface area contributed by atoms with Crippen molar-refractivity contribution in [2.24, 2.45) is 0 Å². The number of halogens is 1. The summed E-state index contributed by atoms with van der Waals surface area (Å²) in [4.78, 5) is 0. The van der Waals surface area contributed by atoms with Crippen LogP contribution in [0.1, 0.15) is 28.4 Å². The molecular weight excluding hydrogens is 353 g/mol. The highest BCUT2D eigenvalue weighted by Gasteiger charge is 2.17. The van der Waals surface area contributed by atoms with E-state index in [9.17, 15) is 9.50 Å². The number of aliphatic hydroxyl groups is 1. The topological polar surface area (TPSA) is 46.1 Å². The van der Waals surface area contributed by atoms with Crippen LogP contribution in [-0.2, 0) is 11.3 Å². The van der Waals surface area contributed by atoms with Crippen molar-refractivity contribution in [1.29, 1.82) is 0 Å². The van der Waals surface area contributed by atoms with E-state index >= 15 is 0 Å². The third-order valence-corrected chi connectivity index (χ3v) is 4.67. The van der Waals surface area contributed by atoms with E-state index in [0.29, 0.717) is 13.1 Å². The Hall–Kier alpha value is -2.53. The second-order valence-corrected chi connectivity index (χ2v) is 7.04. The smallest absolute Gasteiger partial charge is 0.126 e. The predicted octanol–water partition coefficient (Wildman–Crippen LogP) is 3.36. The molecule has 0 spiro atoms. The van der Waals surface area contributed by atoms with Gasteiger partial charge in [0.25, 0.3) is 0 Å². The number of ether oxygens (including phenoxy) is 1. The lowest BCUT2D eigenvalue weighted by Gasteiger charge is -2.21. The van der Waals surface area contributed by atoms with Crippen LogP contribution in [0.5, 0.6) is 0 Å². The van der Waals surface area contributed by atoms with Gasteiger partial charge in [-0.2, -0.15) is 0 Å². The summed E-state index contributed by atoms with van der Waals surface area (Å²) in [5.74, 6) is -0.236. The van der Waals surface area contributed by atoms with Gasteiger partial charge in [-0.3, -0.25) is 0 Å². The molecule has 3 N–H and O–H groups in total. The molecule has 0 unspecified atom stereocenters. The summed E-state index contributed by atoms with van der Waals surface area (Å²) in [5.41, 5.74) is 4.36. The average molecular weight is 380 g/mol. The molecule has 4 heteroatoms. The maximum atomic E-state index is 12.9. The third kappa shape index (κ3) is 5.99. The Balaban J connectivity index is 1.55. The largest absolute Gasteiger partial charge is 0.385 e. The van der Waals surface area contributed by atoms with Crippen molar-refractivity contribution < 1.29 is 19.6 Å². The lowest BCUT2D eigenvalue weighted by atomic mass is 10.0. The highest BCUT2D eigenvalue weighted by molar-refractivity contribution is 5.31. The number of nitrogens with two attached hydrogens (primary N) is 1. The number of quaternary nitrogens is 1. The van der Waals surface area contributed by atoms with Gasteiger partial charge in [-0.25, -0.2) is 4.39 Å². The quantitative estimate of drug-likeness (QED) is 0.598. The van der Waals surface area contributed by atoms with Crippen LogP contribution in [0.4, 0.5) is 4.39 Å². The van der Waals surface area contributed by atoms with E-state index in [4.69, 9.17) is 4.74 Å². The number of hydrogen-bond acceptors (Lipinski definition) is 2. The molecule has 28 heavy (non-hydrogen) atoms. The zero-order valence-corrected chi connectivity index (χ0v) is 16.1. The van der Waals surface area contributed by atoms with Crippen LogP contribution >= 0.6 is 0 Å². The monoisotopic (exact) mass is 380 g/mol. The van der Waals surface area contributed by atoms with Crippen LogP contribution in [0.15, 0.2) is 78.9 Å². The van der Waals surface area contributed by atoms with Crippen LogP contribution in [-0.4, -0.2) is 24.4 Å². The zero-order chi connectivity index (χ0) is 19.8. The number of aliphatic hydroxyl groups excluding tert-OH is 1. The van der Waals surface area contributed by atoms with Gasteiger partial charge in [0.15, 0.2) is 0 Å². The van der Waals surface area contributed by atoms with Gasteiger partial charge in [0.05, 0.1) is 6.61 Å². The second kappa shape index (κ2) is 10.1. The molecule has 3 nitrogen and oxygen atoms in total. The van der Waals surface area contributed by atoms with Gasteiger partial charge in [-0.1, -0.05) is 72.3 Å². The van der Waals surface area contributed by atoms with Crippen LogP contribution in [0.3, 0.4) is 0 Å². The highest BCUT2D eigenvalue weighted by Crippen LogP contribution is 2.26. The number of aryl methyl sites for hydroxylation is 1. The van der Waals surface area contributed by atoms with E-state index in [-0.39, 0.29) is 18.5 Å². The second-order valence-electron chi connectivity index (χ2n) is 7.04. The fourth-order valence-corrected chi connectivity index (χ4v) is 3.09. The minimum absolute atomic E-state index is 0.214. The van der Waals surface area contributed by atoms with E-state index in [1.165, 1.54) is 17.7 Å². The molecule has 3 aromatic carbocycles. The summed E-state index contributed by atoms with van der Waals surface area (Å²) in [6.45, 7) is 3.51. The number of hydrogen-bond donors (Lipinski definition) is 2. The van der Waals surface area contributed by atoms with E-state index in [1.807, 2.05) is 35.6 Å². The maximum absolute atomic E-state index is 12.9. The maximum Gasteiger partial charge on any atom is 0.126 e. The first kappa shape index (κ1) is 20.2. The molecule has 0 radical (unpaired) electrons. The molecule has 0 aliphatic carbocycles. The molecule has 0 bridgehead atoms. The molecule has 146 valence electrons. The van der Waals surface area contributed by atoms with Gasteiger partial charge in [0.1, 0.15) is 31.1 Å². The van der Waals surface area contributed by atoms with Crippen molar-refractivity contribution in [1.82, 2.24) is 0 Å². The SMILES string of the molecule is Cc1ccc([C@@H](OC[C@H](O)C[NH2+]Cc2ccc(F)cc2)c2ccccc2)cc1. The Morgan fingerprint density at radius 2 is 1.54 bits per heavy atom. The van der Waals surface area contributed by atoms with Gasteiger partial charge >= 0.3 is 0 Å². The molecule has 0 saturated heterocycles. The standard InChI is InChI=1S/C24H26FNO2/c1-18-7-11-21(12-8-18)24(20-5-3-2-4-6-20)28-17-23(27)16-26-15-19-9-13-22(25)14-10-19/h2-14,23-24,26-27H,15-17H2,1H3/p+1/t23-,24+/m1/s1. The Bertz CT molecular complexity index is 835. The summed E-state index contributed by atoms with van der Waals surface area (Å²) in [7, 11) is 0. The molecule has 3 rings (SSSR count). The van der Waals surface area contributed by atoms with Crippen LogP contribution in [0.2, 0.25) is 0 Å². The van der Waals surface area contributed by atoms with Gasteiger partial charge in [-0.15, -0.1) is 0 Å². The fourth-order valence-electron chi connectivity index (χ4n) is 3.09. The average Bonchev–Trinajstić information content (AvgIpc) is 2.72. The van der Waals surface area contributed by atoms with Gasteiger partial charge in [-0.05, 0) is 30.2 Å². The first-order valence-electron chi connectivity index (χ1n) is 9.59. The lowest BCUT2D eigenvalue weighted by molar-refractivity contribution is -0.676. The molecule has 0 aliphatic rings. The molecule has 2 atom stereocenters. The van der Waals surface area contributed by atoms with Crippen molar-refractivity contribution in [2.75, 3.05) is 13.2 Å². The lowest BCUT2D eigenvalue weighted by Crippen LogP contribution is -2.85. The Morgan fingerprint density at radius 1 is 0.893 bits per heavy atom. The van der Waals surface area contributed by atoms with Crippen molar-refractivity contribution in [3.63, 3.8) is 0 Å². The summed E-state index contributed by atoms with van der Waals surface area (Å²) in [6, 6.07) is 24.8. The normalized spacial score (nSPS) is 13.2. The first-order chi connectivity index (χ1) is 13.6. The molecule has 0 saturated carbocycles.